The Hall–Kier alpha value is -2.69. The highest BCUT2D eigenvalue weighted by atomic mass is 16.5. The molecule has 1 heterocycles. The van der Waals surface area contributed by atoms with Crippen molar-refractivity contribution < 1.29 is 9.53 Å². The van der Waals surface area contributed by atoms with Gasteiger partial charge < -0.3 is 10.1 Å². The summed E-state index contributed by atoms with van der Waals surface area (Å²) in [5.41, 5.74) is 5.57. The SMILES string of the molecule is COc1cccc(C2(NC(=O)C3=C4C=C5CC5=C4N=N3)CC2)c1. The minimum atomic E-state index is -0.292. The number of nitrogens with one attached hydrogen (secondary N) is 1. The molecule has 23 heavy (non-hydrogen) atoms. The molecule has 0 atom stereocenters. The number of allylic oxidation sites excluding steroid dienone is 3. The van der Waals surface area contributed by atoms with Crippen molar-refractivity contribution in [1.29, 1.82) is 0 Å². The molecule has 0 aromatic heterocycles. The summed E-state index contributed by atoms with van der Waals surface area (Å²) in [5.74, 6) is 0.663. The van der Waals surface area contributed by atoms with E-state index in [0.717, 1.165) is 41.8 Å². The molecule has 5 rings (SSSR count). The zero-order valence-electron chi connectivity index (χ0n) is 12.7. The van der Waals surface area contributed by atoms with Gasteiger partial charge in [-0.15, -0.1) is 10.2 Å². The van der Waals surface area contributed by atoms with E-state index >= 15 is 0 Å². The quantitative estimate of drug-likeness (QED) is 0.929. The van der Waals surface area contributed by atoms with Crippen LogP contribution in [0.15, 0.2) is 68.7 Å². The Bertz CT molecular complexity index is 885. The molecule has 2 fully saturated rings. The summed E-state index contributed by atoms with van der Waals surface area (Å²) in [6.45, 7) is 0. The number of ether oxygens (including phenoxy) is 1. The van der Waals surface area contributed by atoms with Crippen molar-refractivity contribution in [1.82, 2.24) is 5.32 Å². The second kappa shape index (κ2) is 4.19. The third-order valence-corrected chi connectivity index (χ3v) is 4.93. The van der Waals surface area contributed by atoms with Gasteiger partial charge in [0.05, 0.1) is 18.3 Å². The Morgan fingerprint density at radius 3 is 2.96 bits per heavy atom. The van der Waals surface area contributed by atoms with Crippen LogP contribution in [0.3, 0.4) is 0 Å². The van der Waals surface area contributed by atoms with Crippen LogP contribution in [0.2, 0.25) is 0 Å². The largest absolute Gasteiger partial charge is 0.497 e. The highest BCUT2D eigenvalue weighted by Gasteiger charge is 2.47. The number of benzene rings is 1. The van der Waals surface area contributed by atoms with Crippen LogP contribution in [-0.4, -0.2) is 13.0 Å². The van der Waals surface area contributed by atoms with E-state index in [0.29, 0.717) is 5.70 Å². The van der Waals surface area contributed by atoms with E-state index in [1.807, 2.05) is 30.3 Å². The Balaban J connectivity index is 1.43. The number of carbonyl (C=O) groups is 1. The van der Waals surface area contributed by atoms with Crippen LogP contribution in [-0.2, 0) is 10.3 Å². The number of methoxy groups -OCH3 is 1. The number of carbonyl (C=O) groups excluding carboxylic acids is 1. The maximum absolute atomic E-state index is 12.7. The lowest BCUT2D eigenvalue weighted by Crippen LogP contribution is -2.35. The summed E-state index contributed by atoms with van der Waals surface area (Å²) in [5, 5.41) is 11.4. The van der Waals surface area contributed by atoms with Gasteiger partial charge in [-0.25, -0.2) is 0 Å². The summed E-state index contributed by atoms with van der Waals surface area (Å²) in [6.07, 6.45) is 4.91. The average Bonchev–Trinajstić information content (AvgIpc) is 3.44. The Morgan fingerprint density at radius 1 is 1.30 bits per heavy atom. The highest BCUT2D eigenvalue weighted by Crippen LogP contribution is 2.52. The normalized spacial score (nSPS) is 21.9. The number of hydrogen-bond donors (Lipinski definition) is 1. The first kappa shape index (κ1) is 12.8. The molecule has 5 nitrogen and oxygen atoms in total. The molecular weight excluding hydrogens is 290 g/mol. The van der Waals surface area contributed by atoms with Gasteiger partial charge in [-0.1, -0.05) is 12.1 Å². The van der Waals surface area contributed by atoms with Crippen molar-refractivity contribution in [2.24, 2.45) is 10.2 Å². The topological polar surface area (TPSA) is 63.0 Å². The number of nitrogens with zero attached hydrogens (tertiary/aromatic N) is 2. The molecule has 1 aromatic carbocycles. The summed E-state index contributed by atoms with van der Waals surface area (Å²) in [7, 11) is 1.65. The number of hydrogen-bond acceptors (Lipinski definition) is 4. The van der Waals surface area contributed by atoms with Gasteiger partial charge in [0, 0.05) is 12.0 Å². The van der Waals surface area contributed by atoms with Crippen LogP contribution in [0.4, 0.5) is 0 Å². The van der Waals surface area contributed by atoms with Gasteiger partial charge in [0.2, 0.25) is 0 Å². The van der Waals surface area contributed by atoms with Crippen molar-refractivity contribution in [3.05, 3.63) is 64.0 Å². The van der Waals surface area contributed by atoms with Gasteiger partial charge in [0.15, 0.2) is 5.70 Å². The van der Waals surface area contributed by atoms with Crippen molar-refractivity contribution in [2.45, 2.75) is 24.8 Å². The first-order valence-corrected chi connectivity index (χ1v) is 7.78. The molecule has 1 aromatic rings. The maximum Gasteiger partial charge on any atom is 0.273 e. The molecule has 1 aliphatic heterocycles. The smallest absolute Gasteiger partial charge is 0.273 e. The second-order valence-electron chi connectivity index (χ2n) is 6.40. The number of rotatable bonds is 4. The fourth-order valence-electron chi connectivity index (χ4n) is 3.35. The van der Waals surface area contributed by atoms with Crippen molar-refractivity contribution in [2.75, 3.05) is 7.11 Å². The van der Waals surface area contributed by atoms with Crippen molar-refractivity contribution >= 4 is 5.91 Å². The predicted octanol–water partition coefficient (Wildman–Crippen LogP) is 3.12. The van der Waals surface area contributed by atoms with Gasteiger partial charge in [0.1, 0.15) is 5.75 Å². The zero-order chi connectivity index (χ0) is 15.6. The molecule has 0 saturated heterocycles. The molecule has 0 spiro atoms. The van der Waals surface area contributed by atoms with E-state index in [-0.39, 0.29) is 11.4 Å². The summed E-state index contributed by atoms with van der Waals surface area (Å²) in [4.78, 5) is 12.7. The summed E-state index contributed by atoms with van der Waals surface area (Å²) >= 11 is 0. The summed E-state index contributed by atoms with van der Waals surface area (Å²) < 4.78 is 5.29. The van der Waals surface area contributed by atoms with Crippen molar-refractivity contribution in [3.8, 4) is 5.75 Å². The van der Waals surface area contributed by atoms with E-state index in [1.54, 1.807) is 7.11 Å². The number of azo groups is 1. The third-order valence-electron chi connectivity index (χ3n) is 4.93. The summed E-state index contributed by atoms with van der Waals surface area (Å²) in [6, 6.07) is 7.88. The molecule has 1 amide bonds. The minimum Gasteiger partial charge on any atom is -0.497 e. The van der Waals surface area contributed by atoms with E-state index in [9.17, 15) is 4.79 Å². The molecule has 5 heteroatoms. The fraction of sp³-hybridized carbons (Fsp3) is 0.278. The Morgan fingerprint density at radius 2 is 2.17 bits per heavy atom. The average molecular weight is 305 g/mol. The van der Waals surface area contributed by atoms with Crippen LogP contribution in [0.5, 0.6) is 5.75 Å². The van der Waals surface area contributed by atoms with Crippen molar-refractivity contribution in [3.63, 3.8) is 0 Å². The van der Waals surface area contributed by atoms with Crippen LogP contribution in [0, 0.1) is 0 Å². The minimum absolute atomic E-state index is 0.141. The molecule has 0 unspecified atom stereocenters. The van der Waals surface area contributed by atoms with E-state index in [4.69, 9.17) is 4.74 Å². The molecule has 0 bridgehead atoms. The first-order chi connectivity index (χ1) is 11.2. The van der Waals surface area contributed by atoms with Gasteiger partial charge in [-0.05, 0) is 47.8 Å². The highest BCUT2D eigenvalue weighted by molar-refractivity contribution is 5.98. The molecule has 4 aliphatic rings. The van der Waals surface area contributed by atoms with Gasteiger partial charge in [0.25, 0.3) is 5.91 Å². The predicted molar refractivity (Wildman–Crippen MR) is 83.7 cm³/mol. The van der Waals surface area contributed by atoms with Crippen LogP contribution in [0.25, 0.3) is 0 Å². The van der Waals surface area contributed by atoms with E-state index in [2.05, 4.69) is 15.5 Å². The zero-order valence-corrected chi connectivity index (χ0v) is 12.7. The van der Waals surface area contributed by atoms with Gasteiger partial charge in [-0.3, -0.25) is 4.79 Å². The lowest BCUT2D eigenvalue weighted by Gasteiger charge is -2.18. The van der Waals surface area contributed by atoms with E-state index < -0.39 is 0 Å². The van der Waals surface area contributed by atoms with Crippen LogP contribution < -0.4 is 10.1 Å². The lowest BCUT2D eigenvalue weighted by atomic mass is 10.0. The van der Waals surface area contributed by atoms with Crippen LogP contribution >= 0.6 is 0 Å². The molecule has 2 saturated carbocycles. The second-order valence-corrected chi connectivity index (χ2v) is 6.40. The molecule has 0 radical (unpaired) electrons. The van der Waals surface area contributed by atoms with Crippen LogP contribution in [0.1, 0.15) is 24.8 Å². The fourth-order valence-corrected chi connectivity index (χ4v) is 3.35. The first-order valence-electron chi connectivity index (χ1n) is 7.78. The number of fused-ring (bicyclic) bond motifs is 2. The van der Waals surface area contributed by atoms with Gasteiger partial charge in [-0.2, -0.15) is 0 Å². The monoisotopic (exact) mass is 305 g/mol. The lowest BCUT2D eigenvalue weighted by molar-refractivity contribution is -0.118. The van der Waals surface area contributed by atoms with E-state index in [1.165, 1.54) is 11.1 Å². The standard InChI is InChI=1S/C18H15N3O2/c1-23-12-4-2-3-11(9-12)18(5-6-18)19-17(22)16-14-8-10-7-13(10)15(14)20-21-16/h2-4,8-9H,5-7H2,1H3,(H,19,22). The molecule has 1 N–H and O–H groups in total. The molecule has 114 valence electrons. The maximum atomic E-state index is 12.7. The van der Waals surface area contributed by atoms with Gasteiger partial charge >= 0.3 is 0 Å². The number of amides is 1. The Labute approximate surface area is 133 Å². The molecular formula is C18H15N3O2. The molecule has 3 aliphatic carbocycles. The Kier molecular flexibility index (Phi) is 2.33. The third kappa shape index (κ3) is 1.82.